The number of aryl methyl sites for hydroxylation is 1. The van der Waals surface area contributed by atoms with E-state index in [0.717, 1.165) is 4.90 Å². The SMILES string of the molecule is Cc1cc(C(C)C)cc(S)c1C. The van der Waals surface area contributed by atoms with Gasteiger partial charge in [-0.05, 0) is 42.5 Å². The largest absolute Gasteiger partial charge is 0.143 e. The van der Waals surface area contributed by atoms with Crippen molar-refractivity contribution in [2.45, 2.75) is 38.5 Å². The van der Waals surface area contributed by atoms with Crippen LogP contribution < -0.4 is 0 Å². The van der Waals surface area contributed by atoms with E-state index >= 15 is 0 Å². The maximum absolute atomic E-state index is 4.43. The molecule has 0 N–H and O–H groups in total. The van der Waals surface area contributed by atoms with Crippen LogP contribution in [0.25, 0.3) is 0 Å². The molecule has 0 nitrogen and oxygen atoms in total. The van der Waals surface area contributed by atoms with Crippen molar-refractivity contribution in [1.29, 1.82) is 0 Å². The Kier molecular flexibility index (Phi) is 2.84. The summed E-state index contributed by atoms with van der Waals surface area (Å²) in [7, 11) is 0. The molecule has 1 aromatic carbocycles. The van der Waals surface area contributed by atoms with Gasteiger partial charge < -0.3 is 0 Å². The summed E-state index contributed by atoms with van der Waals surface area (Å²) in [5.41, 5.74) is 4.01. The Hall–Kier alpha value is -0.430. The van der Waals surface area contributed by atoms with Gasteiger partial charge in [-0.25, -0.2) is 0 Å². The van der Waals surface area contributed by atoms with Gasteiger partial charge in [0.2, 0.25) is 0 Å². The van der Waals surface area contributed by atoms with E-state index in [1.165, 1.54) is 16.7 Å². The van der Waals surface area contributed by atoms with Gasteiger partial charge in [0.15, 0.2) is 0 Å². The van der Waals surface area contributed by atoms with Crippen LogP contribution in [0.15, 0.2) is 17.0 Å². The Morgan fingerprint density at radius 2 is 1.75 bits per heavy atom. The van der Waals surface area contributed by atoms with Gasteiger partial charge in [-0.15, -0.1) is 12.6 Å². The molecule has 1 rings (SSSR count). The van der Waals surface area contributed by atoms with Gasteiger partial charge in [0.05, 0.1) is 0 Å². The first-order valence-corrected chi connectivity index (χ1v) is 4.77. The van der Waals surface area contributed by atoms with Crippen LogP contribution in [-0.2, 0) is 0 Å². The topological polar surface area (TPSA) is 0 Å². The van der Waals surface area contributed by atoms with Crippen LogP contribution >= 0.6 is 12.6 Å². The summed E-state index contributed by atoms with van der Waals surface area (Å²) in [6.45, 7) is 8.66. The molecule has 0 aliphatic carbocycles. The fourth-order valence-electron chi connectivity index (χ4n) is 1.20. The molecule has 0 aliphatic rings. The van der Waals surface area contributed by atoms with Gasteiger partial charge in [-0.3, -0.25) is 0 Å². The minimum absolute atomic E-state index is 0.593. The van der Waals surface area contributed by atoms with Crippen molar-refractivity contribution in [3.05, 3.63) is 28.8 Å². The summed E-state index contributed by atoms with van der Waals surface area (Å²) in [5.74, 6) is 0.593. The molecule has 0 bridgehead atoms. The Morgan fingerprint density at radius 3 is 2.17 bits per heavy atom. The minimum Gasteiger partial charge on any atom is -0.143 e. The molecule has 0 amide bonds. The third kappa shape index (κ3) is 1.84. The fourth-order valence-corrected chi connectivity index (χ4v) is 1.53. The molecule has 0 spiro atoms. The molecule has 0 fully saturated rings. The van der Waals surface area contributed by atoms with E-state index in [0.29, 0.717) is 5.92 Å². The number of hydrogen-bond donors (Lipinski definition) is 1. The van der Waals surface area contributed by atoms with Crippen molar-refractivity contribution in [1.82, 2.24) is 0 Å². The highest BCUT2D eigenvalue weighted by Gasteiger charge is 2.03. The summed E-state index contributed by atoms with van der Waals surface area (Å²) >= 11 is 4.43. The highest BCUT2D eigenvalue weighted by atomic mass is 32.1. The van der Waals surface area contributed by atoms with Crippen LogP contribution in [-0.4, -0.2) is 0 Å². The van der Waals surface area contributed by atoms with Crippen LogP contribution in [0.5, 0.6) is 0 Å². The van der Waals surface area contributed by atoms with E-state index in [1.807, 2.05) is 0 Å². The second-order valence-electron chi connectivity index (χ2n) is 3.64. The molecule has 0 heterocycles. The maximum Gasteiger partial charge on any atom is 0.00747 e. The smallest absolute Gasteiger partial charge is 0.00747 e. The summed E-state index contributed by atoms with van der Waals surface area (Å²) in [6.07, 6.45) is 0. The Morgan fingerprint density at radius 1 is 1.17 bits per heavy atom. The fraction of sp³-hybridized carbons (Fsp3) is 0.455. The van der Waals surface area contributed by atoms with Crippen LogP contribution in [0, 0.1) is 13.8 Å². The standard InChI is InChI=1S/C11H16S/c1-7(2)10-5-8(3)9(4)11(12)6-10/h5-7,12H,1-4H3. The predicted octanol–water partition coefficient (Wildman–Crippen LogP) is 3.72. The Bertz CT molecular complexity index is 264. The summed E-state index contributed by atoms with van der Waals surface area (Å²) in [5, 5.41) is 0. The molecule has 0 atom stereocenters. The van der Waals surface area contributed by atoms with Gasteiger partial charge in [0, 0.05) is 4.90 Å². The molecular formula is C11H16S. The third-order valence-corrected chi connectivity index (χ3v) is 2.79. The first-order chi connectivity index (χ1) is 5.52. The molecule has 0 saturated heterocycles. The quantitative estimate of drug-likeness (QED) is 0.626. The van der Waals surface area contributed by atoms with E-state index in [9.17, 15) is 0 Å². The van der Waals surface area contributed by atoms with Crippen molar-refractivity contribution in [3.63, 3.8) is 0 Å². The average molecular weight is 180 g/mol. The first kappa shape index (κ1) is 9.66. The predicted molar refractivity (Wildman–Crippen MR) is 57.3 cm³/mol. The van der Waals surface area contributed by atoms with Gasteiger partial charge in [0.1, 0.15) is 0 Å². The lowest BCUT2D eigenvalue weighted by molar-refractivity contribution is 0.858. The molecule has 0 aliphatic heterocycles. The summed E-state index contributed by atoms with van der Waals surface area (Å²) in [6, 6.07) is 4.41. The van der Waals surface area contributed by atoms with Crippen LogP contribution in [0.1, 0.15) is 36.5 Å². The molecule has 1 heteroatoms. The number of rotatable bonds is 1. The van der Waals surface area contributed by atoms with E-state index in [4.69, 9.17) is 0 Å². The zero-order chi connectivity index (χ0) is 9.30. The number of thiol groups is 1. The molecule has 0 aromatic heterocycles. The molecule has 1 aromatic rings. The van der Waals surface area contributed by atoms with Crippen molar-refractivity contribution >= 4 is 12.6 Å². The lowest BCUT2D eigenvalue weighted by atomic mass is 9.98. The van der Waals surface area contributed by atoms with E-state index < -0.39 is 0 Å². The second-order valence-corrected chi connectivity index (χ2v) is 4.12. The Balaban J connectivity index is 3.21. The highest BCUT2D eigenvalue weighted by molar-refractivity contribution is 7.80. The van der Waals surface area contributed by atoms with Gasteiger partial charge in [0.25, 0.3) is 0 Å². The molecule has 12 heavy (non-hydrogen) atoms. The lowest BCUT2D eigenvalue weighted by Gasteiger charge is -2.10. The van der Waals surface area contributed by atoms with E-state index in [1.54, 1.807) is 0 Å². The molecule has 0 radical (unpaired) electrons. The Labute approximate surface area is 80.4 Å². The number of benzene rings is 1. The molecular weight excluding hydrogens is 164 g/mol. The first-order valence-electron chi connectivity index (χ1n) is 4.32. The minimum atomic E-state index is 0.593. The van der Waals surface area contributed by atoms with Crippen LogP contribution in [0.3, 0.4) is 0 Å². The zero-order valence-electron chi connectivity index (χ0n) is 8.18. The zero-order valence-corrected chi connectivity index (χ0v) is 9.07. The maximum atomic E-state index is 4.43. The van der Waals surface area contributed by atoms with Crippen molar-refractivity contribution in [3.8, 4) is 0 Å². The van der Waals surface area contributed by atoms with Gasteiger partial charge in [-0.2, -0.15) is 0 Å². The average Bonchev–Trinajstić information content (AvgIpc) is 1.99. The summed E-state index contributed by atoms with van der Waals surface area (Å²) < 4.78 is 0. The van der Waals surface area contributed by atoms with Crippen molar-refractivity contribution in [2.24, 2.45) is 0 Å². The molecule has 0 saturated carbocycles. The lowest BCUT2D eigenvalue weighted by Crippen LogP contribution is -1.91. The van der Waals surface area contributed by atoms with E-state index in [-0.39, 0.29) is 0 Å². The monoisotopic (exact) mass is 180 g/mol. The third-order valence-electron chi connectivity index (χ3n) is 2.33. The van der Waals surface area contributed by atoms with Crippen molar-refractivity contribution < 1.29 is 0 Å². The van der Waals surface area contributed by atoms with Crippen LogP contribution in [0.4, 0.5) is 0 Å². The van der Waals surface area contributed by atoms with Gasteiger partial charge in [-0.1, -0.05) is 19.9 Å². The van der Waals surface area contributed by atoms with Gasteiger partial charge >= 0.3 is 0 Å². The van der Waals surface area contributed by atoms with E-state index in [2.05, 4.69) is 52.5 Å². The number of hydrogen-bond acceptors (Lipinski definition) is 1. The van der Waals surface area contributed by atoms with Crippen LogP contribution in [0.2, 0.25) is 0 Å². The molecule has 66 valence electrons. The normalized spacial score (nSPS) is 10.8. The molecule has 0 unspecified atom stereocenters. The summed E-state index contributed by atoms with van der Waals surface area (Å²) in [4.78, 5) is 1.11. The van der Waals surface area contributed by atoms with Crippen molar-refractivity contribution in [2.75, 3.05) is 0 Å². The second kappa shape index (κ2) is 3.53. The highest BCUT2D eigenvalue weighted by Crippen LogP contribution is 2.23.